The molecule has 24 heavy (non-hydrogen) atoms. The molecule has 0 nitrogen and oxygen atoms in total. The van der Waals surface area contributed by atoms with Crippen molar-refractivity contribution in [3.63, 3.8) is 0 Å². The molecule has 3 saturated carbocycles. The van der Waals surface area contributed by atoms with E-state index in [2.05, 4.69) is 33.4 Å². The highest BCUT2D eigenvalue weighted by atomic mass is 35.5. The maximum atomic E-state index is 6.46. The van der Waals surface area contributed by atoms with Gasteiger partial charge < -0.3 is 0 Å². The van der Waals surface area contributed by atoms with Crippen LogP contribution in [0.5, 0.6) is 0 Å². The zero-order valence-corrected chi connectivity index (χ0v) is 16.7. The zero-order valence-electron chi connectivity index (χ0n) is 15.9. The topological polar surface area (TPSA) is 0 Å². The summed E-state index contributed by atoms with van der Waals surface area (Å²) < 4.78 is 0. The van der Waals surface area contributed by atoms with Crippen molar-refractivity contribution in [1.29, 1.82) is 0 Å². The van der Waals surface area contributed by atoms with Gasteiger partial charge in [-0.05, 0) is 85.4 Å². The summed E-state index contributed by atoms with van der Waals surface area (Å²) in [5.41, 5.74) is 3.99. The van der Waals surface area contributed by atoms with E-state index in [1.165, 1.54) is 51.4 Å². The first-order valence-electron chi connectivity index (χ1n) is 10.4. The molecule has 0 saturated heterocycles. The largest absolute Gasteiger partial charge is 0.122 e. The second-order valence-corrected chi connectivity index (χ2v) is 10.0. The van der Waals surface area contributed by atoms with Gasteiger partial charge in [0.2, 0.25) is 0 Å². The maximum Gasteiger partial charge on any atom is 0.0439 e. The molecule has 3 fully saturated rings. The molecule has 0 N–H and O–H groups in total. The Kier molecular flexibility index (Phi) is 4.23. The van der Waals surface area contributed by atoms with Crippen molar-refractivity contribution in [2.24, 2.45) is 40.4 Å². The third-order valence-corrected chi connectivity index (χ3v) is 9.58. The Bertz CT molecular complexity index is 560. The van der Waals surface area contributed by atoms with Crippen molar-refractivity contribution >= 4 is 11.6 Å². The maximum absolute atomic E-state index is 6.46. The molecule has 0 radical (unpaired) electrons. The summed E-state index contributed by atoms with van der Waals surface area (Å²) >= 11 is 6.46. The monoisotopic (exact) mass is 346 g/mol. The number of halogens is 1. The predicted molar refractivity (Wildman–Crippen MR) is 104 cm³/mol. The number of allylic oxidation sites excluding steroid dienone is 3. The van der Waals surface area contributed by atoms with Crippen molar-refractivity contribution in [2.75, 3.05) is 5.88 Å². The summed E-state index contributed by atoms with van der Waals surface area (Å²) in [6.07, 6.45) is 13.5. The molecule has 7 atom stereocenters. The van der Waals surface area contributed by atoms with Gasteiger partial charge in [-0.25, -0.2) is 0 Å². The van der Waals surface area contributed by atoms with E-state index in [9.17, 15) is 0 Å². The Morgan fingerprint density at radius 3 is 2.67 bits per heavy atom. The van der Waals surface area contributed by atoms with Gasteiger partial charge in [0, 0.05) is 5.88 Å². The average molecular weight is 347 g/mol. The first kappa shape index (κ1) is 17.2. The van der Waals surface area contributed by atoms with Crippen LogP contribution in [0.3, 0.4) is 0 Å². The number of alkyl halides is 1. The molecule has 4 aliphatic rings. The van der Waals surface area contributed by atoms with E-state index in [0.717, 1.165) is 29.6 Å². The van der Waals surface area contributed by atoms with E-state index in [4.69, 9.17) is 11.6 Å². The van der Waals surface area contributed by atoms with E-state index in [0.29, 0.717) is 16.7 Å². The minimum Gasteiger partial charge on any atom is -0.122 e. The molecule has 0 aromatic rings. The highest BCUT2D eigenvalue weighted by molar-refractivity contribution is 6.19. The van der Waals surface area contributed by atoms with Gasteiger partial charge in [-0.1, -0.05) is 51.0 Å². The van der Waals surface area contributed by atoms with Crippen LogP contribution in [0, 0.1) is 40.4 Å². The van der Waals surface area contributed by atoms with Gasteiger partial charge in [0.1, 0.15) is 0 Å². The Morgan fingerprint density at radius 1 is 1.17 bits per heavy atom. The molecule has 0 bridgehead atoms. The lowest BCUT2D eigenvalue weighted by molar-refractivity contribution is -0.0639. The fourth-order valence-corrected chi connectivity index (χ4v) is 8.43. The van der Waals surface area contributed by atoms with Crippen LogP contribution in [0.1, 0.15) is 72.1 Å². The van der Waals surface area contributed by atoms with Crippen LogP contribution in [-0.2, 0) is 0 Å². The summed E-state index contributed by atoms with van der Waals surface area (Å²) in [7, 11) is 0. The molecular weight excluding hydrogens is 312 g/mol. The summed E-state index contributed by atoms with van der Waals surface area (Å²) in [6, 6.07) is 0. The Hall–Kier alpha value is -0.230. The van der Waals surface area contributed by atoms with Crippen LogP contribution in [0.25, 0.3) is 0 Å². The number of hydrogen-bond acceptors (Lipinski definition) is 0. The standard InChI is InChI=1S/C23H35Cl/c1-5-16-9-10-20-18-13-15(2)19-8-6-7-17(14-24)23(19,4)21(18)11-12-22(16,20)3/h7,16,18-21H,2,5-6,8-14H2,1,3-4H3/t16-,18-,19?,20-,21-,22+,23-/m0/s1. The highest BCUT2D eigenvalue weighted by Crippen LogP contribution is 2.68. The average Bonchev–Trinajstić information content (AvgIpc) is 2.91. The quantitative estimate of drug-likeness (QED) is 0.373. The van der Waals surface area contributed by atoms with Crippen molar-refractivity contribution in [2.45, 2.75) is 72.1 Å². The SMILES string of the molecule is C=C1C[C@H]2[C@@H]3CC[C@H](CC)[C@@]3(C)CC[C@@H]2[C@@]2(C)C(CCl)=CCCC12. The molecule has 4 rings (SSSR count). The van der Waals surface area contributed by atoms with Crippen LogP contribution >= 0.6 is 11.6 Å². The van der Waals surface area contributed by atoms with E-state index in [1.807, 2.05) is 0 Å². The predicted octanol–water partition coefficient (Wildman–Crippen LogP) is 7.00. The van der Waals surface area contributed by atoms with E-state index < -0.39 is 0 Å². The minimum absolute atomic E-state index is 0.297. The summed E-state index contributed by atoms with van der Waals surface area (Å²) in [5.74, 6) is 4.99. The number of fused-ring (bicyclic) bond motifs is 5. The Labute approximate surface area is 154 Å². The van der Waals surface area contributed by atoms with Gasteiger partial charge in [-0.3, -0.25) is 0 Å². The third kappa shape index (κ3) is 2.11. The lowest BCUT2D eigenvalue weighted by atomic mass is 9.43. The van der Waals surface area contributed by atoms with E-state index in [1.54, 1.807) is 11.1 Å². The first-order chi connectivity index (χ1) is 11.5. The molecule has 134 valence electrons. The summed E-state index contributed by atoms with van der Waals surface area (Å²) in [6.45, 7) is 12.2. The minimum atomic E-state index is 0.297. The third-order valence-electron chi connectivity index (χ3n) is 9.29. The molecule has 1 unspecified atom stereocenters. The zero-order chi connectivity index (χ0) is 17.1. The molecular formula is C23H35Cl. The summed E-state index contributed by atoms with van der Waals surface area (Å²) in [5, 5.41) is 0. The van der Waals surface area contributed by atoms with Crippen molar-refractivity contribution in [1.82, 2.24) is 0 Å². The summed E-state index contributed by atoms with van der Waals surface area (Å²) in [4.78, 5) is 0. The second-order valence-electron chi connectivity index (χ2n) is 9.74. The van der Waals surface area contributed by atoms with Crippen LogP contribution < -0.4 is 0 Å². The van der Waals surface area contributed by atoms with E-state index >= 15 is 0 Å². The van der Waals surface area contributed by atoms with Crippen LogP contribution in [0.15, 0.2) is 23.8 Å². The van der Waals surface area contributed by atoms with Crippen molar-refractivity contribution in [3.8, 4) is 0 Å². The van der Waals surface area contributed by atoms with Crippen LogP contribution in [0.2, 0.25) is 0 Å². The normalized spacial score (nSPS) is 50.8. The fourth-order valence-electron chi connectivity index (χ4n) is 8.03. The lowest BCUT2D eigenvalue weighted by Crippen LogP contribution is -2.54. The van der Waals surface area contributed by atoms with Crippen LogP contribution in [0.4, 0.5) is 0 Å². The van der Waals surface area contributed by atoms with Gasteiger partial charge in [-0.2, -0.15) is 0 Å². The molecule has 0 aliphatic heterocycles. The molecule has 0 aromatic heterocycles. The van der Waals surface area contributed by atoms with Gasteiger partial charge >= 0.3 is 0 Å². The van der Waals surface area contributed by atoms with Crippen LogP contribution in [-0.4, -0.2) is 5.88 Å². The lowest BCUT2D eigenvalue weighted by Gasteiger charge is -2.61. The Morgan fingerprint density at radius 2 is 1.96 bits per heavy atom. The number of hydrogen-bond donors (Lipinski definition) is 0. The van der Waals surface area contributed by atoms with Gasteiger partial charge in [0.05, 0.1) is 0 Å². The smallest absolute Gasteiger partial charge is 0.0439 e. The molecule has 0 amide bonds. The Balaban J connectivity index is 1.73. The van der Waals surface area contributed by atoms with Gasteiger partial charge in [0.15, 0.2) is 0 Å². The fraction of sp³-hybridized carbons (Fsp3) is 0.826. The molecule has 0 spiro atoms. The van der Waals surface area contributed by atoms with Crippen molar-refractivity contribution < 1.29 is 0 Å². The van der Waals surface area contributed by atoms with E-state index in [-0.39, 0.29) is 0 Å². The van der Waals surface area contributed by atoms with Gasteiger partial charge in [0.25, 0.3) is 0 Å². The van der Waals surface area contributed by atoms with Gasteiger partial charge in [-0.15, -0.1) is 11.6 Å². The number of rotatable bonds is 2. The molecule has 1 heteroatoms. The molecule has 0 aromatic carbocycles. The molecule has 0 heterocycles. The second kappa shape index (κ2) is 5.90. The highest BCUT2D eigenvalue weighted by Gasteiger charge is 2.60. The van der Waals surface area contributed by atoms with Crippen molar-refractivity contribution in [3.05, 3.63) is 23.8 Å². The molecule has 4 aliphatic carbocycles. The first-order valence-corrected chi connectivity index (χ1v) is 10.9.